The van der Waals surface area contributed by atoms with Crippen LogP contribution in [0, 0.1) is 6.92 Å². The lowest BCUT2D eigenvalue weighted by atomic mass is 10.0. The summed E-state index contributed by atoms with van der Waals surface area (Å²) in [6.45, 7) is 1.88. The molecule has 144 valence electrons. The number of carbonyl (C=O) groups is 2. The smallest absolute Gasteiger partial charge is 0.305 e. The van der Waals surface area contributed by atoms with Crippen LogP contribution in [0.1, 0.15) is 34.1 Å². The van der Waals surface area contributed by atoms with Gasteiger partial charge in [0.1, 0.15) is 5.69 Å². The first-order chi connectivity index (χ1) is 13.3. The molecule has 3 rings (SSSR count). The number of halogens is 1. The Balaban J connectivity index is 1.89. The predicted molar refractivity (Wildman–Crippen MR) is 105 cm³/mol. The first kappa shape index (κ1) is 19.4. The maximum atomic E-state index is 12.7. The first-order valence-corrected chi connectivity index (χ1v) is 8.89. The third-order valence-electron chi connectivity index (χ3n) is 4.19. The second kappa shape index (κ2) is 8.14. The minimum absolute atomic E-state index is 0.00737. The van der Waals surface area contributed by atoms with Crippen molar-refractivity contribution >= 4 is 23.5 Å². The lowest BCUT2D eigenvalue weighted by Gasteiger charge is -2.17. The molecule has 0 bridgehead atoms. The minimum atomic E-state index is -1.05. The van der Waals surface area contributed by atoms with Crippen LogP contribution in [-0.2, 0) is 4.79 Å². The van der Waals surface area contributed by atoms with E-state index in [4.69, 9.17) is 11.6 Å². The summed E-state index contributed by atoms with van der Waals surface area (Å²) in [5.41, 5.74) is 1.58. The zero-order valence-electron chi connectivity index (χ0n) is 15.0. The van der Waals surface area contributed by atoms with Crippen LogP contribution >= 0.6 is 11.6 Å². The highest BCUT2D eigenvalue weighted by atomic mass is 35.5. The third-order valence-corrected chi connectivity index (χ3v) is 4.51. The highest BCUT2D eigenvalue weighted by molar-refractivity contribution is 6.32. The molecule has 0 aliphatic rings. The summed E-state index contributed by atoms with van der Waals surface area (Å²) in [5, 5.41) is 14.9. The van der Waals surface area contributed by atoms with Gasteiger partial charge in [-0.2, -0.15) is 0 Å². The zero-order valence-corrected chi connectivity index (χ0v) is 15.7. The molecule has 0 aliphatic carbocycles. The summed E-state index contributed by atoms with van der Waals surface area (Å²) in [5.74, 6) is -1.63. The van der Waals surface area contributed by atoms with Crippen LogP contribution in [0.4, 0.5) is 0 Å². The number of para-hydroxylation sites is 1. The van der Waals surface area contributed by atoms with Crippen LogP contribution in [0.5, 0.6) is 0 Å². The number of aryl methyl sites for hydroxylation is 1. The number of aliphatic carboxylic acids is 1. The Kier molecular flexibility index (Phi) is 5.65. The van der Waals surface area contributed by atoms with Gasteiger partial charge >= 0.3 is 5.97 Å². The van der Waals surface area contributed by atoms with E-state index in [1.165, 1.54) is 0 Å². The summed E-state index contributed by atoms with van der Waals surface area (Å²) in [6.07, 6.45) is -0.287. The molecule has 0 saturated carbocycles. The summed E-state index contributed by atoms with van der Waals surface area (Å²) in [6, 6.07) is 14.4. The summed E-state index contributed by atoms with van der Waals surface area (Å²) in [4.78, 5) is 36.2. The van der Waals surface area contributed by atoms with E-state index < -0.39 is 23.5 Å². The van der Waals surface area contributed by atoms with Crippen LogP contribution in [0.15, 0.2) is 59.4 Å². The van der Waals surface area contributed by atoms with E-state index in [9.17, 15) is 19.5 Å². The number of hydrogen-bond donors (Lipinski definition) is 3. The van der Waals surface area contributed by atoms with Crippen molar-refractivity contribution in [2.24, 2.45) is 0 Å². The van der Waals surface area contributed by atoms with Gasteiger partial charge in [0.2, 0.25) is 0 Å². The largest absolute Gasteiger partial charge is 0.481 e. The topological polar surface area (TPSA) is 104 Å². The van der Waals surface area contributed by atoms with E-state index in [0.717, 1.165) is 16.3 Å². The SMILES string of the molecule is Cc1cccc([C@H](CC(=O)O)NC(=O)c2cc(=O)n(-c3ccccc3Cl)[nH]2)c1. The zero-order chi connectivity index (χ0) is 20.3. The van der Waals surface area contributed by atoms with Gasteiger partial charge in [-0.1, -0.05) is 53.6 Å². The molecule has 2 aromatic carbocycles. The van der Waals surface area contributed by atoms with Crippen LogP contribution in [0.3, 0.4) is 0 Å². The molecule has 0 aliphatic heterocycles. The Labute approximate surface area is 165 Å². The molecule has 1 amide bonds. The van der Waals surface area contributed by atoms with E-state index in [2.05, 4.69) is 10.4 Å². The van der Waals surface area contributed by atoms with Crippen molar-refractivity contribution in [2.45, 2.75) is 19.4 Å². The number of aromatic amines is 1. The van der Waals surface area contributed by atoms with Crippen molar-refractivity contribution < 1.29 is 14.7 Å². The quantitative estimate of drug-likeness (QED) is 0.592. The normalized spacial score (nSPS) is 11.8. The Hall–Kier alpha value is -3.32. The molecular formula is C20H18ClN3O4. The molecule has 7 nitrogen and oxygen atoms in total. The van der Waals surface area contributed by atoms with Gasteiger partial charge in [0, 0.05) is 6.07 Å². The lowest BCUT2D eigenvalue weighted by molar-refractivity contribution is -0.137. The van der Waals surface area contributed by atoms with Gasteiger partial charge in [-0.15, -0.1) is 0 Å². The predicted octanol–water partition coefficient (Wildman–Crippen LogP) is 3.07. The molecule has 1 aromatic heterocycles. The highest BCUT2D eigenvalue weighted by Crippen LogP contribution is 2.20. The number of hydrogen-bond acceptors (Lipinski definition) is 3. The standard InChI is InChI=1S/C20H18ClN3O4/c1-12-5-4-6-13(9-12)15(11-19(26)27)22-20(28)16-10-18(25)24(23-16)17-8-3-2-7-14(17)21/h2-10,15,23H,11H2,1H3,(H,22,28)(H,26,27)/t15-/m0/s1. The summed E-state index contributed by atoms with van der Waals surface area (Å²) >= 11 is 6.11. The molecule has 1 atom stereocenters. The number of benzene rings is 2. The number of carboxylic acid groups (broad SMARTS) is 1. The van der Waals surface area contributed by atoms with E-state index in [-0.39, 0.29) is 12.1 Å². The van der Waals surface area contributed by atoms with Crippen molar-refractivity contribution in [1.29, 1.82) is 0 Å². The second-order valence-corrected chi connectivity index (χ2v) is 6.74. The lowest BCUT2D eigenvalue weighted by Crippen LogP contribution is -2.30. The van der Waals surface area contributed by atoms with Crippen molar-refractivity contribution in [3.8, 4) is 5.69 Å². The van der Waals surface area contributed by atoms with E-state index >= 15 is 0 Å². The van der Waals surface area contributed by atoms with Gasteiger partial charge in [-0.25, -0.2) is 4.68 Å². The third kappa shape index (κ3) is 4.32. The molecule has 0 unspecified atom stereocenters. The van der Waals surface area contributed by atoms with Crippen molar-refractivity contribution in [3.05, 3.63) is 86.8 Å². The van der Waals surface area contributed by atoms with Gasteiger partial charge < -0.3 is 10.4 Å². The van der Waals surface area contributed by atoms with E-state index in [1.807, 2.05) is 19.1 Å². The monoisotopic (exact) mass is 399 g/mol. The molecule has 0 spiro atoms. The number of aromatic nitrogens is 2. The maximum absolute atomic E-state index is 12.7. The van der Waals surface area contributed by atoms with Crippen molar-refractivity contribution in [1.82, 2.24) is 15.1 Å². The number of rotatable bonds is 6. The van der Waals surface area contributed by atoms with Crippen molar-refractivity contribution in [2.75, 3.05) is 0 Å². The van der Waals surface area contributed by atoms with Gasteiger partial charge in [0.25, 0.3) is 11.5 Å². The van der Waals surface area contributed by atoms with Crippen LogP contribution in [0.25, 0.3) is 5.69 Å². The average Bonchev–Trinajstić information content (AvgIpc) is 3.03. The van der Waals surface area contributed by atoms with Crippen molar-refractivity contribution in [3.63, 3.8) is 0 Å². The Bertz CT molecular complexity index is 1090. The van der Waals surface area contributed by atoms with Crippen LogP contribution in [-0.4, -0.2) is 26.8 Å². The van der Waals surface area contributed by atoms with Crippen LogP contribution in [0.2, 0.25) is 5.02 Å². The fourth-order valence-electron chi connectivity index (χ4n) is 2.87. The summed E-state index contributed by atoms with van der Waals surface area (Å²) < 4.78 is 1.16. The van der Waals surface area contributed by atoms with Gasteiger partial charge in [-0.3, -0.25) is 19.5 Å². The molecule has 0 saturated heterocycles. The molecular weight excluding hydrogens is 382 g/mol. The number of nitrogens with zero attached hydrogens (tertiary/aromatic N) is 1. The molecule has 0 fully saturated rings. The fourth-order valence-corrected chi connectivity index (χ4v) is 3.09. The molecule has 3 N–H and O–H groups in total. The Morgan fingerprint density at radius 1 is 1.18 bits per heavy atom. The number of carboxylic acids is 1. The first-order valence-electron chi connectivity index (χ1n) is 8.51. The average molecular weight is 400 g/mol. The maximum Gasteiger partial charge on any atom is 0.305 e. The van der Waals surface area contributed by atoms with Gasteiger partial charge in [0.05, 0.1) is 23.2 Å². The van der Waals surface area contributed by atoms with Gasteiger partial charge in [-0.05, 0) is 24.6 Å². The van der Waals surface area contributed by atoms with E-state index in [1.54, 1.807) is 36.4 Å². The second-order valence-electron chi connectivity index (χ2n) is 6.33. The number of amides is 1. The molecule has 1 heterocycles. The molecule has 3 aromatic rings. The van der Waals surface area contributed by atoms with E-state index in [0.29, 0.717) is 16.3 Å². The highest BCUT2D eigenvalue weighted by Gasteiger charge is 2.21. The summed E-state index contributed by atoms with van der Waals surface area (Å²) in [7, 11) is 0. The molecule has 0 radical (unpaired) electrons. The Morgan fingerprint density at radius 3 is 2.61 bits per heavy atom. The number of carbonyl (C=O) groups excluding carboxylic acids is 1. The number of nitrogens with one attached hydrogen (secondary N) is 2. The fraction of sp³-hybridized carbons (Fsp3) is 0.150. The minimum Gasteiger partial charge on any atom is -0.481 e. The number of H-pyrrole nitrogens is 1. The Morgan fingerprint density at radius 2 is 1.93 bits per heavy atom. The van der Waals surface area contributed by atoms with Gasteiger partial charge in [0.15, 0.2) is 0 Å². The molecule has 8 heteroatoms. The van der Waals surface area contributed by atoms with Crippen LogP contribution < -0.4 is 10.9 Å². The molecule has 28 heavy (non-hydrogen) atoms.